The van der Waals surface area contributed by atoms with Gasteiger partial charge in [0.15, 0.2) is 10.9 Å². The molecular weight excluding hydrogens is 304 g/mol. The number of nitrogens with zero attached hydrogens (tertiary/aromatic N) is 2. The molecule has 1 atom stereocenters. The number of hydrogen-bond acceptors (Lipinski definition) is 6. The van der Waals surface area contributed by atoms with Crippen LogP contribution in [0.4, 0.5) is 0 Å². The van der Waals surface area contributed by atoms with E-state index in [9.17, 15) is 9.59 Å². The van der Waals surface area contributed by atoms with Crippen molar-refractivity contribution in [1.29, 1.82) is 0 Å². The molecule has 7 nitrogen and oxygen atoms in total. The number of esters is 1. The van der Waals surface area contributed by atoms with Gasteiger partial charge in [0.2, 0.25) is 0 Å². The molecule has 0 spiro atoms. The quantitative estimate of drug-likeness (QED) is 0.481. The number of Topliss-reactive ketones (excluding diaryl/α,β-unsaturated/α-hetero) is 1. The van der Waals surface area contributed by atoms with Gasteiger partial charge >= 0.3 is 5.97 Å². The highest BCUT2D eigenvalue weighted by molar-refractivity contribution is 8.00. The Kier molecular flexibility index (Phi) is 5.02. The van der Waals surface area contributed by atoms with E-state index in [4.69, 9.17) is 4.74 Å². The Balaban J connectivity index is 2.23. The van der Waals surface area contributed by atoms with Crippen LogP contribution in [0.2, 0.25) is 0 Å². The van der Waals surface area contributed by atoms with E-state index >= 15 is 0 Å². The zero-order valence-electron chi connectivity index (χ0n) is 12.9. The standard InChI is InChI=1S/C14H18N4O3S/c1-5-21-13(20)10-7(2)11(17-8(10)3)12(19)9(4)22-14-15-6-16-18-14/h6,9,17H,5H2,1-4H3,(H,15,16,18)/t9-/m0/s1. The number of ketones is 1. The summed E-state index contributed by atoms with van der Waals surface area (Å²) in [6.07, 6.45) is 1.39. The first kappa shape index (κ1) is 16.3. The fourth-order valence-corrected chi connectivity index (χ4v) is 2.95. The Bertz CT molecular complexity index is 679. The summed E-state index contributed by atoms with van der Waals surface area (Å²) >= 11 is 1.28. The van der Waals surface area contributed by atoms with Gasteiger partial charge in [0.05, 0.1) is 23.1 Å². The Morgan fingerprint density at radius 2 is 2.14 bits per heavy atom. The van der Waals surface area contributed by atoms with Gasteiger partial charge in [-0.2, -0.15) is 5.10 Å². The SMILES string of the molecule is CCOC(=O)c1c(C)[nH]c(C(=O)[C@H](C)Sc2ncn[nH]2)c1C. The van der Waals surface area contributed by atoms with Gasteiger partial charge in [-0.25, -0.2) is 9.78 Å². The number of thioether (sulfide) groups is 1. The highest BCUT2D eigenvalue weighted by Gasteiger charge is 2.26. The number of ether oxygens (including phenoxy) is 1. The van der Waals surface area contributed by atoms with E-state index in [-0.39, 0.29) is 11.0 Å². The molecule has 0 bridgehead atoms. The molecular formula is C14H18N4O3S. The summed E-state index contributed by atoms with van der Waals surface area (Å²) in [7, 11) is 0. The largest absolute Gasteiger partial charge is 0.462 e. The van der Waals surface area contributed by atoms with Gasteiger partial charge in [-0.05, 0) is 33.3 Å². The molecule has 2 rings (SSSR count). The Labute approximate surface area is 132 Å². The maximum absolute atomic E-state index is 12.6. The summed E-state index contributed by atoms with van der Waals surface area (Å²) in [4.78, 5) is 31.5. The topological polar surface area (TPSA) is 101 Å². The predicted molar refractivity (Wildman–Crippen MR) is 82.3 cm³/mol. The number of hydrogen-bond donors (Lipinski definition) is 2. The molecule has 2 N–H and O–H groups in total. The minimum absolute atomic E-state index is 0.0995. The number of aromatic amines is 2. The second-order valence-corrected chi connectivity index (χ2v) is 6.09. The number of carbonyl (C=O) groups is 2. The first-order valence-electron chi connectivity index (χ1n) is 6.88. The van der Waals surface area contributed by atoms with Crippen molar-refractivity contribution in [2.45, 2.75) is 38.1 Å². The molecule has 0 aromatic carbocycles. The van der Waals surface area contributed by atoms with Crippen LogP contribution in [0.5, 0.6) is 0 Å². The van der Waals surface area contributed by atoms with Gasteiger partial charge in [0.1, 0.15) is 6.33 Å². The van der Waals surface area contributed by atoms with E-state index in [1.807, 2.05) is 0 Å². The van der Waals surface area contributed by atoms with Gasteiger partial charge in [0.25, 0.3) is 0 Å². The Morgan fingerprint density at radius 3 is 2.73 bits per heavy atom. The fourth-order valence-electron chi connectivity index (χ4n) is 2.18. The third kappa shape index (κ3) is 3.22. The minimum Gasteiger partial charge on any atom is -0.462 e. The average molecular weight is 322 g/mol. The maximum atomic E-state index is 12.6. The molecule has 0 aliphatic heterocycles. The van der Waals surface area contributed by atoms with Crippen molar-refractivity contribution >= 4 is 23.5 Å². The van der Waals surface area contributed by atoms with Crippen molar-refractivity contribution < 1.29 is 14.3 Å². The lowest BCUT2D eigenvalue weighted by Gasteiger charge is -2.08. The molecule has 2 heterocycles. The van der Waals surface area contributed by atoms with Crippen molar-refractivity contribution in [2.24, 2.45) is 0 Å². The van der Waals surface area contributed by atoms with Gasteiger partial charge < -0.3 is 9.72 Å². The Morgan fingerprint density at radius 1 is 1.41 bits per heavy atom. The molecule has 22 heavy (non-hydrogen) atoms. The first-order chi connectivity index (χ1) is 10.5. The summed E-state index contributed by atoms with van der Waals surface area (Å²) in [5.41, 5.74) is 2.12. The van der Waals surface area contributed by atoms with Gasteiger partial charge in [0, 0.05) is 5.69 Å². The van der Waals surface area contributed by atoms with Crippen LogP contribution in [0.1, 0.15) is 46.0 Å². The van der Waals surface area contributed by atoms with Gasteiger partial charge in [-0.15, -0.1) is 0 Å². The molecule has 0 aliphatic carbocycles. The molecule has 0 unspecified atom stereocenters. The summed E-state index contributed by atoms with van der Waals surface area (Å²) in [6.45, 7) is 7.33. The minimum atomic E-state index is -0.414. The molecule has 0 aliphatic rings. The normalized spacial score (nSPS) is 12.2. The lowest BCUT2D eigenvalue weighted by molar-refractivity contribution is 0.0525. The number of aryl methyl sites for hydroxylation is 1. The van der Waals surface area contributed by atoms with Crippen LogP contribution in [0.25, 0.3) is 0 Å². The van der Waals surface area contributed by atoms with Crippen molar-refractivity contribution in [3.8, 4) is 0 Å². The van der Waals surface area contributed by atoms with Crippen molar-refractivity contribution in [1.82, 2.24) is 20.2 Å². The fraction of sp³-hybridized carbons (Fsp3) is 0.429. The van der Waals surface area contributed by atoms with Gasteiger partial charge in [-0.1, -0.05) is 11.8 Å². The second kappa shape index (κ2) is 6.78. The van der Waals surface area contributed by atoms with Crippen LogP contribution in [0, 0.1) is 13.8 Å². The smallest absolute Gasteiger partial charge is 0.340 e. The van der Waals surface area contributed by atoms with Crippen molar-refractivity contribution in [3.63, 3.8) is 0 Å². The monoisotopic (exact) mass is 322 g/mol. The van der Waals surface area contributed by atoms with E-state index in [1.165, 1.54) is 18.1 Å². The number of rotatable bonds is 6. The van der Waals surface area contributed by atoms with Crippen LogP contribution in [0.15, 0.2) is 11.5 Å². The lowest BCUT2D eigenvalue weighted by Crippen LogP contribution is -2.15. The summed E-state index contributed by atoms with van der Waals surface area (Å²) < 4.78 is 5.03. The van der Waals surface area contributed by atoms with E-state index in [0.717, 1.165) is 0 Å². The van der Waals surface area contributed by atoms with E-state index in [0.29, 0.717) is 34.3 Å². The average Bonchev–Trinajstić information content (AvgIpc) is 3.06. The highest BCUT2D eigenvalue weighted by Crippen LogP contribution is 2.25. The molecule has 0 radical (unpaired) electrons. The molecule has 8 heteroatoms. The number of aromatic nitrogens is 4. The Hall–Kier alpha value is -2.09. The third-order valence-corrected chi connectivity index (χ3v) is 4.20. The molecule has 2 aromatic heterocycles. The van der Waals surface area contributed by atoms with Gasteiger partial charge in [-0.3, -0.25) is 9.89 Å². The molecule has 2 aromatic rings. The molecule has 0 saturated carbocycles. The molecule has 0 fully saturated rings. The molecule has 0 amide bonds. The third-order valence-electron chi connectivity index (χ3n) is 3.21. The number of H-pyrrole nitrogens is 2. The van der Waals surface area contributed by atoms with E-state index in [1.54, 1.807) is 27.7 Å². The van der Waals surface area contributed by atoms with Crippen LogP contribution >= 0.6 is 11.8 Å². The zero-order valence-corrected chi connectivity index (χ0v) is 13.7. The summed E-state index contributed by atoms with van der Waals surface area (Å²) in [5, 5.41) is 6.67. The zero-order chi connectivity index (χ0) is 16.3. The highest BCUT2D eigenvalue weighted by atomic mass is 32.2. The van der Waals surface area contributed by atoms with Crippen LogP contribution in [-0.4, -0.2) is 43.8 Å². The number of carbonyl (C=O) groups excluding carboxylic acids is 2. The van der Waals surface area contributed by atoms with Crippen LogP contribution in [-0.2, 0) is 4.74 Å². The second-order valence-electron chi connectivity index (χ2n) is 4.76. The maximum Gasteiger partial charge on any atom is 0.340 e. The predicted octanol–water partition coefficient (Wildman–Crippen LogP) is 2.29. The van der Waals surface area contributed by atoms with Crippen molar-refractivity contribution in [3.05, 3.63) is 28.8 Å². The molecule has 0 saturated heterocycles. The van der Waals surface area contributed by atoms with Crippen LogP contribution in [0.3, 0.4) is 0 Å². The van der Waals surface area contributed by atoms with Crippen LogP contribution < -0.4 is 0 Å². The first-order valence-corrected chi connectivity index (χ1v) is 7.76. The van der Waals surface area contributed by atoms with E-state index < -0.39 is 5.97 Å². The summed E-state index contributed by atoms with van der Waals surface area (Å²) in [6, 6.07) is 0. The lowest BCUT2D eigenvalue weighted by atomic mass is 10.1. The number of nitrogens with one attached hydrogen (secondary N) is 2. The summed E-state index contributed by atoms with van der Waals surface area (Å²) in [5.74, 6) is -0.513. The van der Waals surface area contributed by atoms with Crippen molar-refractivity contribution in [2.75, 3.05) is 6.61 Å². The molecule has 118 valence electrons. The van der Waals surface area contributed by atoms with E-state index in [2.05, 4.69) is 20.2 Å².